The SMILES string of the molecule is CC(C)(CN)c1c[nH]c2ccc(CC3COC(=O)N3)cc12. The number of aromatic nitrogens is 1. The number of rotatable bonds is 4. The predicted molar refractivity (Wildman–Crippen MR) is 82.4 cm³/mol. The van der Waals surface area contributed by atoms with E-state index in [2.05, 4.69) is 42.3 Å². The molecule has 1 aromatic carbocycles. The molecule has 0 spiro atoms. The standard InChI is InChI=1S/C16H21N3O2/c1-16(2,9-17)13-7-18-14-4-3-10(6-12(13)14)5-11-8-21-15(20)19-11/h3-4,6-7,11,18H,5,8-9,17H2,1-2H3,(H,19,20). The molecule has 1 aliphatic heterocycles. The quantitative estimate of drug-likeness (QED) is 0.805. The number of carbonyl (C=O) groups excluding carboxylic acids is 1. The lowest BCUT2D eigenvalue weighted by Gasteiger charge is -2.22. The summed E-state index contributed by atoms with van der Waals surface area (Å²) in [5.41, 5.74) is 9.36. The van der Waals surface area contributed by atoms with Gasteiger partial charge in [0.2, 0.25) is 0 Å². The second-order valence-electron chi connectivity index (χ2n) is 6.31. The van der Waals surface area contributed by atoms with Crippen molar-refractivity contribution in [2.75, 3.05) is 13.2 Å². The number of nitrogens with one attached hydrogen (secondary N) is 2. The number of carbonyl (C=O) groups is 1. The van der Waals surface area contributed by atoms with Crippen LogP contribution in [0.1, 0.15) is 25.0 Å². The highest BCUT2D eigenvalue weighted by Crippen LogP contribution is 2.30. The van der Waals surface area contributed by atoms with E-state index in [0.717, 1.165) is 11.9 Å². The highest BCUT2D eigenvalue weighted by atomic mass is 16.6. The van der Waals surface area contributed by atoms with Crippen molar-refractivity contribution in [1.29, 1.82) is 0 Å². The van der Waals surface area contributed by atoms with E-state index in [4.69, 9.17) is 10.5 Å². The molecule has 1 saturated heterocycles. The summed E-state index contributed by atoms with van der Waals surface area (Å²) in [4.78, 5) is 14.4. The molecule has 0 aliphatic carbocycles. The zero-order chi connectivity index (χ0) is 15.0. The number of H-pyrrole nitrogens is 1. The van der Waals surface area contributed by atoms with E-state index in [1.807, 2.05) is 6.20 Å². The van der Waals surface area contributed by atoms with Crippen LogP contribution in [-0.4, -0.2) is 30.3 Å². The average molecular weight is 287 g/mol. The van der Waals surface area contributed by atoms with Crippen LogP contribution in [0.15, 0.2) is 24.4 Å². The smallest absolute Gasteiger partial charge is 0.407 e. The molecule has 0 radical (unpaired) electrons. The molecule has 2 heterocycles. The van der Waals surface area contributed by atoms with Gasteiger partial charge in [0, 0.05) is 29.1 Å². The number of hydrogen-bond donors (Lipinski definition) is 3. The molecule has 1 aliphatic rings. The van der Waals surface area contributed by atoms with Gasteiger partial charge in [-0.1, -0.05) is 19.9 Å². The average Bonchev–Trinajstić information content (AvgIpc) is 3.05. The second-order valence-corrected chi connectivity index (χ2v) is 6.31. The number of fused-ring (bicyclic) bond motifs is 1. The largest absolute Gasteiger partial charge is 0.447 e. The third-order valence-corrected chi connectivity index (χ3v) is 4.21. The molecule has 21 heavy (non-hydrogen) atoms. The van der Waals surface area contributed by atoms with Gasteiger partial charge in [-0.2, -0.15) is 0 Å². The molecule has 0 saturated carbocycles. The molecule has 2 aromatic rings. The monoisotopic (exact) mass is 287 g/mol. The van der Waals surface area contributed by atoms with Crippen LogP contribution >= 0.6 is 0 Å². The van der Waals surface area contributed by atoms with Gasteiger partial charge < -0.3 is 20.8 Å². The number of ether oxygens (including phenoxy) is 1. The van der Waals surface area contributed by atoms with Crippen LogP contribution in [0, 0.1) is 0 Å². The van der Waals surface area contributed by atoms with Crippen LogP contribution < -0.4 is 11.1 Å². The fourth-order valence-corrected chi connectivity index (χ4v) is 2.79. The summed E-state index contributed by atoms with van der Waals surface area (Å²) in [6.45, 7) is 5.32. The van der Waals surface area contributed by atoms with Gasteiger partial charge in [0.1, 0.15) is 6.61 Å². The molecular formula is C16H21N3O2. The lowest BCUT2D eigenvalue weighted by molar-refractivity contribution is 0.177. The summed E-state index contributed by atoms with van der Waals surface area (Å²) in [5, 5.41) is 4.01. The normalized spacial score (nSPS) is 18.8. The van der Waals surface area contributed by atoms with E-state index in [-0.39, 0.29) is 17.6 Å². The van der Waals surface area contributed by atoms with E-state index in [9.17, 15) is 4.79 Å². The first-order chi connectivity index (χ1) is 9.99. The number of nitrogens with two attached hydrogens (primary N) is 1. The van der Waals surface area contributed by atoms with E-state index in [1.165, 1.54) is 16.5 Å². The van der Waals surface area contributed by atoms with Crippen molar-refractivity contribution in [2.24, 2.45) is 5.73 Å². The van der Waals surface area contributed by atoms with E-state index in [1.54, 1.807) is 0 Å². The maximum absolute atomic E-state index is 11.1. The zero-order valence-electron chi connectivity index (χ0n) is 12.4. The predicted octanol–water partition coefficient (Wildman–Crippen LogP) is 2.06. The maximum Gasteiger partial charge on any atom is 0.407 e. The lowest BCUT2D eigenvalue weighted by Crippen LogP contribution is -2.28. The molecular weight excluding hydrogens is 266 g/mol. The van der Waals surface area contributed by atoms with Gasteiger partial charge >= 0.3 is 6.09 Å². The van der Waals surface area contributed by atoms with Gasteiger partial charge in [-0.3, -0.25) is 0 Å². The van der Waals surface area contributed by atoms with Crippen LogP contribution in [0.2, 0.25) is 0 Å². The Kier molecular flexibility index (Phi) is 3.37. The Hall–Kier alpha value is -2.01. The topological polar surface area (TPSA) is 80.1 Å². The van der Waals surface area contributed by atoms with Gasteiger partial charge in [0.05, 0.1) is 6.04 Å². The Morgan fingerprint density at radius 1 is 1.43 bits per heavy atom. The first kappa shape index (κ1) is 13.9. The molecule has 112 valence electrons. The van der Waals surface area contributed by atoms with Crippen LogP contribution in [-0.2, 0) is 16.6 Å². The molecule has 5 heteroatoms. The number of aromatic amines is 1. The van der Waals surface area contributed by atoms with Crippen molar-refractivity contribution in [3.05, 3.63) is 35.5 Å². The van der Waals surface area contributed by atoms with Crippen molar-refractivity contribution in [2.45, 2.75) is 31.7 Å². The van der Waals surface area contributed by atoms with Crippen LogP contribution in [0.5, 0.6) is 0 Å². The van der Waals surface area contributed by atoms with Crippen LogP contribution in [0.3, 0.4) is 0 Å². The third-order valence-electron chi connectivity index (χ3n) is 4.21. The van der Waals surface area contributed by atoms with Gasteiger partial charge in [0.15, 0.2) is 0 Å². The molecule has 1 amide bonds. The summed E-state index contributed by atoms with van der Waals surface area (Å²) >= 11 is 0. The van der Waals surface area contributed by atoms with Crippen molar-refractivity contribution < 1.29 is 9.53 Å². The molecule has 0 bridgehead atoms. The summed E-state index contributed by atoms with van der Waals surface area (Å²) < 4.78 is 4.93. The van der Waals surface area contributed by atoms with E-state index >= 15 is 0 Å². The molecule has 3 rings (SSSR count). The van der Waals surface area contributed by atoms with Crippen LogP contribution in [0.25, 0.3) is 10.9 Å². The molecule has 5 nitrogen and oxygen atoms in total. The zero-order valence-corrected chi connectivity index (χ0v) is 12.4. The van der Waals surface area contributed by atoms with Gasteiger partial charge in [0.25, 0.3) is 0 Å². The fraction of sp³-hybridized carbons (Fsp3) is 0.438. The Morgan fingerprint density at radius 3 is 2.90 bits per heavy atom. The molecule has 1 atom stereocenters. The minimum atomic E-state index is -0.326. The molecule has 1 unspecified atom stereocenters. The summed E-state index contributed by atoms with van der Waals surface area (Å²) in [5.74, 6) is 0. The lowest BCUT2D eigenvalue weighted by atomic mass is 9.84. The number of amides is 1. The number of alkyl carbamates (subject to hydrolysis) is 1. The first-order valence-corrected chi connectivity index (χ1v) is 7.23. The van der Waals surface area contributed by atoms with Crippen molar-refractivity contribution in [1.82, 2.24) is 10.3 Å². The van der Waals surface area contributed by atoms with E-state index in [0.29, 0.717) is 13.2 Å². The maximum atomic E-state index is 11.1. The minimum Gasteiger partial charge on any atom is -0.447 e. The minimum absolute atomic E-state index is 0.0554. The Morgan fingerprint density at radius 2 is 2.24 bits per heavy atom. The van der Waals surface area contributed by atoms with E-state index < -0.39 is 0 Å². The summed E-state index contributed by atoms with van der Waals surface area (Å²) in [7, 11) is 0. The number of cyclic esters (lactones) is 1. The van der Waals surface area contributed by atoms with Crippen LogP contribution in [0.4, 0.5) is 4.79 Å². The Labute approximate surface area is 123 Å². The van der Waals surface area contributed by atoms with Crippen molar-refractivity contribution in [3.8, 4) is 0 Å². The summed E-state index contributed by atoms with van der Waals surface area (Å²) in [6.07, 6.45) is 2.49. The van der Waals surface area contributed by atoms with Crippen molar-refractivity contribution in [3.63, 3.8) is 0 Å². The second kappa shape index (κ2) is 5.07. The van der Waals surface area contributed by atoms with Gasteiger partial charge in [-0.25, -0.2) is 4.79 Å². The fourth-order valence-electron chi connectivity index (χ4n) is 2.79. The number of benzene rings is 1. The Bertz CT molecular complexity index is 675. The Balaban J connectivity index is 1.91. The van der Waals surface area contributed by atoms with Crippen molar-refractivity contribution >= 4 is 17.0 Å². The highest BCUT2D eigenvalue weighted by Gasteiger charge is 2.24. The molecule has 1 aromatic heterocycles. The highest BCUT2D eigenvalue weighted by molar-refractivity contribution is 5.85. The first-order valence-electron chi connectivity index (χ1n) is 7.23. The molecule has 4 N–H and O–H groups in total. The molecule has 1 fully saturated rings. The third kappa shape index (κ3) is 2.61. The van der Waals surface area contributed by atoms with Gasteiger partial charge in [-0.05, 0) is 29.7 Å². The summed E-state index contributed by atoms with van der Waals surface area (Å²) in [6, 6.07) is 6.41. The number of hydrogen-bond acceptors (Lipinski definition) is 3. The van der Waals surface area contributed by atoms with Gasteiger partial charge in [-0.15, -0.1) is 0 Å².